The van der Waals surface area contributed by atoms with Gasteiger partial charge < -0.3 is 9.73 Å². The molecule has 0 saturated carbocycles. The highest BCUT2D eigenvalue weighted by atomic mass is 16.4. The second-order valence-electron chi connectivity index (χ2n) is 5.94. The normalized spacial score (nSPS) is 11.8. The molecule has 1 N–H and O–H groups in total. The van der Waals surface area contributed by atoms with Crippen molar-refractivity contribution in [3.63, 3.8) is 0 Å². The van der Waals surface area contributed by atoms with Gasteiger partial charge in [0.2, 0.25) is 0 Å². The van der Waals surface area contributed by atoms with E-state index in [1.54, 1.807) is 0 Å². The molecule has 0 bridgehead atoms. The van der Waals surface area contributed by atoms with Crippen LogP contribution in [0.3, 0.4) is 0 Å². The van der Waals surface area contributed by atoms with Crippen LogP contribution in [-0.4, -0.2) is 10.5 Å². The number of nitrogens with one attached hydrogen (secondary N) is 1. The highest BCUT2D eigenvalue weighted by molar-refractivity contribution is 5.81. The monoisotopic (exact) mass is 266 g/mol. The minimum atomic E-state index is -0.0663. The molecule has 3 heteroatoms. The Morgan fingerprint density at radius 3 is 2.40 bits per heavy atom. The van der Waals surface area contributed by atoms with Gasteiger partial charge in [-0.2, -0.15) is 4.98 Å². The standard InChI is InChI=1S/C17H18N2O/c1-17(2,3)19-16-18-14-11-13(9-10-15(14)20-16)12-7-5-4-6-8-12/h4-11H,1-3H3,(H,18,19). The van der Waals surface area contributed by atoms with Gasteiger partial charge in [-0.05, 0) is 44.0 Å². The SMILES string of the molecule is CC(C)(C)Nc1nc2cc(-c3ccccc3)ccc2o1. The van der Waals surface area contributed by atoms with Crippen LogP contribution in [0, 0.1) is 0 Å². The van der Waals surface area contributed by atoms with Gasteiger partial charge in [-0.3, -0.25) is 0 Å². The molecule has 0 aliphatic rings. The molecule has 0 atom stereocenters. The van der Waals surface area contributed by atoms with Crippen molar-refractivity contribution in [2.45, 2.75) is 26.3 Å². The summed E-state index contributed by atoms with van der Waals surface area (Å²) >= 11 is 0. The Bertz CT molecular complexity index is 724. The molecule has 0 radical (unpaired) electrons. The zero-order chi connectivity index (χ0) is 14.2. The van der Waals surface area contributed by atoms with E-state index in [0.717, 1.165) is 16.7 Å². The molecule has 3 rings (SSSR count). The average molecular weight is 266 g/mol. The fourth-order valence-electron chi connectivity index (χ4n) is 2.11. The molecule has 1 heterocycles. The third-order valence-corrected chi connectivity index (χ3v) is 2.98. The van der Waals surface area contributed by atoms with E-state index in [-0.39, 0.29) is 5.54 Å². The summed E-state index contributed by atoms with van der Waals surface area (Å²) in [7, 11) is 0. The van der Waals surface area contributed by atoms with Gasteiger partial charge in [-0.15, -0.1) is 0 Å². The molecular weight excluding hydrogens is 248 g/mol. The maximum atomic E-state index is 5.71. The topological polar surface area (TPSA) is 38.1 Å². The van der Waals surface area contributed by atoms with Crippen molar-refractivity contribution in [2.75, 3.05) is 5.32 Å². The summed E-state index contributed by atoms with van der Waals surface area (Å²) in [6.45, 7) is 6.24. The van der Waals surface area contributed by atoms with Gasteiger partial charge in [0.25, 0.3) is 6.01 Å². The van der Waals surface area contributed by atoms with Crippen molar-refractivity contribution >= 4 is 17.1 Å². The van der Waals surface area contributed by atoms with E-state index in [1.807, 2.05) is 24.3 Å². The second kappa shape index (κ2) is 4.67. The lowest BCUT2D eigenvalue weighted by molar-refractivity contribution is 0.555. The number of hydrogen-bond acceptors (Lipinski definition) is 3. The number of anilines is 1. The third-order valence-electron chi connectivity index (χ3n) is 2.98. The number of fused-ring (bicyclic) bond motifs is 1. The lowest BCUT2D eigenvalue weighted by Gasteiger charge is -2.18. The van der Waals surface area contributed by atoms with E-state index < -0.39 is 0 Å². The molecule has 0 amide bonds. The molecule has 0 saturated heterocycles. The van der Waals surface area contributed by atoms with Crippen molar-refractivity contribution in [3.05, 3.63) is 48.5 Å². The van der Waals surface area contributed by atoms with Gasteiger partial charge >= 0.3 is 0 Å². The Balaban J connectivity index is 2.00. The van der Waals surface area contributed by atoms with Crippen molar-refractivity contribution < 1.29 is 4.42 Å². The predicted molar refractivity (Wildman–Crippen MR) is 82.8 cm³/mol. The highest BCUT2D eigenvalue weighted by Crippen LogP contribution is 2.26. The van der Waals surface area contributed by atoms with E-state index in [0.29, 0.717) is 6.01 Å². The number of nitrogens with zero attached hydrogens (tertiary/aromatic N) is 1. The first-order chi connectivity index (χ1) is 9.51. The lowest BCUT2D eigenvalue weighted by atomic mass is 10.1. The number of benzene rings is 2. The lowest BCUT2D eigenvalue weighted by Crippen LogP contribution is -2.26. The molecule has 0 spiro atoms. The van der Waals surface area contributed by atoms with E-state index in [9.17, 15) is 0 Å². The Labute approximate surface area is 118 Å². The highest BCUT2D eigenvalue weighted by Gasteiger charge is 2.14. The molecule has 1 aromatic heterocycles. The van der Waals surface area contributed by atoms with Crippen LogP contribution in [0.25, 0.3) is 22.2 Å². The van der Waals surface area contributed by atoms with E-state index in [4.69, 9.17) is 4.42 Å². The fourth-order valence-corrected chi connectivity index (χ4v) is 2.11. The third kappa shape index (κ3) is 2.67. The van der Waals surface area contributed by atoms with Crippen molar-refractivity contribution in [2.24, 2.45) is 0 Å². The van der Waals surface area contributed by atoms with Crippen LogP contribution in [0.1, 0.15) is 20.8 Å². The van der Waals surface area contributed by atoms with Crippen LogP contribution in [0.5, 0.6) is 0 Å². The van der Waals surface area contributed by atoms with Crippen molar-refractivity contribution in [3.8, 4) is 11.1 Å². The summed E-state index contributed by atoms with van der Waals surface area (Å²) in [5.41, 5.74) is 3.94. The molecule has 0 fully saturated rings. The summed E-state index contributed by atoms with van der Waals surface area (Å²) < 4.78 is 5.71. The quantitative estimate of drug-likeness (QED) is 0.730. The van der Waals surface area contributed by atoms with Crippen LogP contribution in [0.2, 0.25) is 0 Å². The minimum absolute atomic E-state index is 0.0663. The molecule has 3 aromatic rings. The van der Waals surface area contributed by atoms with Gasteiger partial charge in [0.15, 0.2) is 5.58 Å². The molecule has 3 nitrogen and oxygen atoms in total. The smallest absolute Gasteiger partial charge is 0.296 e. The summed E-state index contributed by atoms with van der Waals surface area (Å²) in [6, 6.07) is 16.9. The maximum Gasteiger partial charge on any atom is 0.296 e. The fraction of sp³-hybridized carbons (Fsp3) is 0.235. The Morgan fingerprint density at radius 2 is 1.70 bits per heavy atom. The second-order valence-corrected chi connectivity index (χ2v) is 5.94. The number of rotatable bonds is 2. The van der Waals surface area contributed by atoms with Crippen LogP contribution in [0.4, 0.5) is 6.01 Å². The summed E-state index contributed by atoms with van der Waals surface area (Å²) in [5, 5.41) is 3.25. The molecule has 0 unspecified atom stereocenters. The maximum absolute atomic E-state index is 5.71. The van der Waals surface area contributed by atoms with Crippen LogP contribution >= 0.6 is 0 Å². The van der Waals surface area contributed by atoms with Crippen LogP contribution in [-0.2, 0) is 0 Å². The van der Waals surface area contributed by atoms with Crippen LogP contribution in [0.15, 0.2) is 52.9 Å². The van der Waals surface area contributed by atoms with E-state index in [2.05, 4.69) is 55.3 Å². The molecule has 0 aliphatic carbocycles. The largest absolute Gasteiger partial charge is 0.424 e. The van der Waals surface area contributed by atoms with Crippen molar-refractivity contribution in [1.82, 2.24) is 4.98 Å². The first-order valence-electron chi connectivity index (χ1n) is 6.75. The first kappa shape index (κ1) is 12.7. The number of aromatic nitrogens is 1. The van der Waals surface area contributed by atoms with Gasteiger partial charge in [-0.1, -0.05) is 36.4 Å². The van der Waals surface area contributed by atoms with Gasteiger partial charge in [0, 0.05) is 5.54 Å². The molecule has 102 valence electrons. The summed E-state index contributed by atoms with van der Waals surface area (Å²) in [5.74, 6) is 0. The first-order valence-corrected chi connectivity index (χ1v) is 6.75. The molecule has 20 heavy (non-hydrogen) atoms. The molecular formula is C17H18N2O. The minimum Gasteiger partial charge on any atom is -0.424 e. The zero-order valence-electron chi connectivity index (χ0n) is 12.0. The number of oxazole rings is 1. The zero-order valence-corrected chi connectivity index (χ0v) is 12.0. The Hall–Kier alpha value is -2.29. The summed E-state index contributed by atoms with van der Waals surface area (Å²) in [6.07, 6.45) is 0. The van der Waals surface area contributed by atoms with Crippen molar-refractivity contribution in [1.29, 1.82) is 0 Å². The van der Waals surface area contributed by atoms with Gasteiger partial charge in [-0.25, -0.2) is 0 Å². The molecule has 0 aliphatic heterocycles. The van der Waals surface area contributed by atoms with E-state index >= 15 is 0 Å². The van der Waals surface area contributed by atoms with E-state index in [1.165, 1.54) is 5.56 Å². The predicted octanol–water partition coefficient (Wildman–Crippen LogP) is 4.71. The van der Waals surface area contributed by atoms with Gasteiger partial charge in [0.05, 0.1) is 0 Å². The average Bonchev–Trinajstić information content (AvgIpc) is 2.78. The Morgan fingerprint density at radius 1 is 0.950 bits per heavy atom. The van der Waals surface area contributed by atoms with Gasteiger partial charge in [0.1, 0.15) is 5.52 Å². The summed E-state index contributed by atoms with van der Waals surface area (Å²) in [4.78, 5) is 4.51. The molecule has 2 aromatic carbocycles. The number of hydrogen-bond donors (Lipinski definition) is 1. The Kier molecular flexibility index (Phi) is 2.97. The van der Waals surface area contributed by atoms with Crippen LogP contribution < -0.4 is 5.32 Å².